The molecule has 0 heteroatoms. The summed E-state index contributed by atoms with van der Waals surface area (Å²) in [6.07, 6.45) is 14.7. The van der Waals surface area contributed by atoms with Gasteiger partial charge in [-0.05, 0) is 85.9 Å². The van der Waals surface area contributed by atoms with E-state index in [1.54, 1.807) is 5.57 Å². The molecule has 5 atom stereocenters. The molecule has 0 N–H and O–H groups in total. The highest BCUT2D eigenvalue weighted by Crippen LogP contribution is 2.70. The lowest BCUT2D eigenvalue weighted by Crippen LogP contribution is -2.55. The topological polar surface area (TPSA) is 0 Å². The maximum atomic E-state index is 2.76. The van der Waals surface area contributed by atoms with Crippen molar-refractivity contribution in [3.63, 3.8) is 0 Å². The minimum atomic E-state index is 0.586. The van der Waals surface area contributed by atoms with Gasteiger partial charge < -0.3 is 0 Å². The van der Waals surface area contributed by atoms with Gasteiger partial charge in [0.25, 0.3) is 0 Å². The third-order valence-corrected chi connectivity index (χ3v) is 8.25. The summed E-state index contributed by atoms with van der Waals surface area (Å²) in [5, 5.41) is 0. The fraction of sp³-hybridized carbons (Fsp3) is 0.900. The van der Waals surface area contributed by atoms with E-state index in [-0.39, 0.29) is 0 Å². The summed E-state index contributed by atoms with van der Waals surface area (Å²) in [7, 11) is 0. The van der Waals surface area contributed by atoms with Crippen LogP contribution in [0.1, 0.15) is 79.1 Å². The first-order chi connectivity index (χ1) is 9.37. The summed E-state index contributed by atoms with van der Waals surface area (Å²) < 4.78 is 0. The van der Waals surface area contributed by atoms with Crippen LogP contribution in [-0.2, 0) is 0 Å². The second kappa shape index (κ2) is 3.93. The zero-order valence-electron chi connectivity index (χ0n) is 14.0. The Hall–Kier alpha value is -0.260. The molecular weight excluding hydrogens is 240 g/mol. The van der Waals surface area contributed by atoms with Crippen LogP contribution in [0.2, 0.25) is 0 Å². The summed E-state index contributed by atoms with van der Waals surface area (Å²) in [5.41, 5.74) is 3.57. The summed E-state index contributed by atoms with van der Waals surface area (Å²) in [4.78, 5) is 0. The van der Waals surface area contributed by atoms with Gasteiger partial charge in [-0.15, -0.1) is 0 Å². The Morgan fingerprint density at radius 1 is 0.950 bits per heavy atom. The Labute approximate surface area is 125 Å². The molecule has 0 unspecified atom stereocenters. The zero-order valence-corrected chi connectivity index (χ0v) is 14.0. The monoisotopic (exact) mass is 272 g/mol. The van der Waals surface area contributed by atoms with Crippen LogP contribution in [0.15, 0.2) is 11.6 Å². The van der Waals surface area contributed by atoms with Gasteiger partial charge in [0.15, 0.2) is 0 Å². The molecule has 3 fully saturated rings. The van der Waals surface area contributed by atoms with Gasteiger partial charge in [0, 0.05) is 0 Å². The van der Waals surface area contributed by atoms with Crippen molar-refractivity contribution in [3.8, 4) is 0 Å². The fourth-order valence-corrected chi connectivity index (χ4v) is 7.53. The van der Waals surface area contributed by atoms with Gasteiger partial charge >= 0.3 is 0 Å². The van der Waals surface area contributed by atoms with Gasteiger partial charge in [0.05, 0.1) is 0 Å². The van der Waals surface area contributed by atoms with Crippen LogP contribution in [0.4, 0.5) is 0 Å². The Morgan fingerprint density at radius 3 is 2.55 bits per heavy atom. The van der Waals surface area contributed by atoms with Crippen LogP contribution >= 0.6 is 0 Å². The minimum absolute atomic E-state index is 0.586. The van der Waals surface area contributed by atoms with Gasteiger partial charge in [-0.2, -0.15) is 0 Å². The molecule has 1 spiro atoms. The van der Waals surface area contributed by atoms with Crippen LogP contribution in [-0.4, -0.2) is 0 Å². The van der Waals surface area contributed by atoms with Crippen molar-refractivity contribution in [2.45, 2.75) is 79.1 Å². The largest absolute Gasteiger partial charge is 0.0788 e. The van der Waals surface area contributed by atoms with Crippen molar-refractivity contribution in [1.82, 2.24) is 0 Å². The van der Waals surface area contributed by atoms with Gasteiger partial charge in [-0.25, -0.2) is 0 Å². The Kier molecular flexibility index (Phi) is 2.63. The molecule has 0 radical (unpaired) electrons. The van der Waals surface area contributed by atoms with Crippen LogP contribution < -0.4 is 0 Å². The van der Waals surface area contributed by atoms with Crippen molar-refractivity contribution < 1.29 is 0 Å². The van der Waals surface area contributed by atoms with Crippen LogP contribution in [0.25, 0.3) is 0 Å². The maximum absolute atomic E-state index is 2.76. The van der Waals surface area contributed by atoms with Crippen molar-refractivity contribution in [1.29, 1.82) is 0 Å². The summed E-state index contributed by atoms with van der Waals surface area (Å²) >= 11 is 0. The first-order valence-corrected chi connectivity index (χ1v) is 9.07. The standard InChI is InChI=1S/C20H32/c1-14-12-20-11-8-16-18(2,3)9-5-10-19(16,4)17(20)7-6-15(14)13-20/h12,15-17H,5-11,13H2,1-4H3/t15-,16-,17+,19-,20+/m1/s1. The average molecular weight is 272 g/mol. The van der Waals surface area contributed by atoms with Crippen LogP contribution in [0.5, 0.6) is 0 Å². The van der Waals surface area contributed by atoms with Crippen molar-refractivity contribution in [2.75, 3.05) is 0 Å². The highest BCUT2D eigenvalue weighted by atomic mass is 14.7. The molecule has 0 nitrogen and oxygen atoms in total. The Balaban J connectivity index is 1.76. The highest BCUT2D eigenvalue weighted by molar-refractivity contribution is 5.26. The average Bonchev–Trinajstić information content (AvgIpc) is 2.58. The zero-order chi connectivity index (χ0) is 14.2. The van der Waals surface area contributed by atoms with Crippen molar-refractivity contribution in [2.24, 2.45) is 34.0 Å². The molecule has 0 aliphatic heterocycles. The molecule has 3 saturated carbocycles. The van der Waals surface area contributed by atoms with Gasteiger partial charge in [-0.1, -0.05) is 38.8 Å². The highest BCUT2D eigenvalue weighted by Gasteiger charge is 2.61. The minimum Gasteiger partial charge on any atom is -0.0788 e. The van der Waals surface area contributed by atoms with E-state index in [4.69, 9.17) is 0 Å². The molecule has 0 aromatic heterocycles. The first-order valence-electron chi connectivity index (χ1n) is 9.07. The SMILES string of the molecule is CC1=C[C@]23CC[C@@H]4C(C)(C)CCC[C@@]4(C)[C@@H]2CC[C@@H]1C3. The van der Waals surface area contributed by atoms with Crippen molar-refractivity contribution >= 4 is 0 Å². The molecular formula is C20H32. The van der Waals surface area contributed by atoms with E-state index >= 15 is 0 Å². The number of hydrogen-bond donors (Lipinski definition) is 0. The quantitative estimate of drug-likeness (QED) is 0.476. The lowest BCUT2D eigenvalue weighted by Gasteiger charge is -2.63. The molecule has 112 valence electrons. The van der Waals surface area contributed by atoms with E-state index in [1.165, 1.54) is 51.4 Å². The van der Waals surface area contributed by atoms with Gasteiger partial charge in [-0.3, -0.25) is 0 Å². The lowest BCUT2D eigenvalue weighted by atomic mass is 9.41. The van der Waals surface area contributed by atoms with Gasteiger partial charge in [0.1, 0.15) is 0 Å². The molecule has 0 saturated heterocycles. The molecule has 0 amide bonds. The van der Waals surface area contributed by atoms with E-state index in [0.717, 1.165) is 17.8 Å². The van der Waals surface area contributed by atoms with Crippen LogP contribution in [0, 0.1) is 34.0 Å². The Bertz CT molecular complexity index is 457. The third kappa shape index (κ3) is 1.54. The number of fused-ring (bicyclic) bond motifs is 3. The van der Waals surface area contributed by atoms with E-state index in [2.05, 4.69) is 33.8 Å². The summed E-state index contributed by atoms with van der Waals surface area (Å²) in [5.74, 6) is 2.91. The number of rotatable bonds is 0. The molecule has 4 aliphatic rings. The molecule has 4 aliphatic carbocycles. The normalized spacial score (nSPS) is 53.0. The molecule has 0 heterocycles. The first kappa shape index (κ1) is 13.4. The fourth-order valence-electron chi connectivity index (χ4n) is 7.53. The second-order valence-electron chi connectivity index (χ2n) is 9.59. The van der Waals surface area contributed by atoms with Crippen LogP contribution in [0.3, 0.4) is 0 Å². The van der Waals surface area contributed by atoms with E-state index in [0.29, 0.717) is 16.2 Å². The molecule has 20 heavy (non-hydrogen) atoms. The summed E-state index contributed by atoms with van der Waals surface area (Å²) in [6, 6.07) is 0. The molecule has 4 rings (SSSR count). The van der Waals surface area contributed by atoms with E-state index < -0.39 is 0 Å². The smallest absolute Gasteiger partial charge is 0.00762 e. The van der Waals surface area contributed by atoms with E-state index in [9.17, 15) is 0 Å². The summed E-state index contributed by atoms with van der Waals surface area (Å²) in [6.45, 7) is 10.2. The Morgan fingerprint density at radius 2 is 1.75 bits per heavy atom. The predicted octanol–water partition coefficient (Wildman–Crippen LogP) is 5.98. The predicted molar refractivity (Wildman–Crippen MR) is 85.5 cm³/mol. The van der Waals surface area contributed by atoms with E-state index in [1.807, 2.05) is 0 Å². The van der Waals surface area contributed by atoms with Crippen molar-refractivity contribution in [3.05, 3.63) is 11.6 Å². The molecule has 2 bridgehead atoms. The third-order valence-electron chi connectivity index (χ3n) is 8.25. The molecule has 0 aromatic carbocycles. The number of hydrogen-bond acceptors (Lipinski definition) is 0. The maximum Gasteiger partial charge on any atom is -0.00762 e. The number of allylic oxidation sites excluding steroid dienone is 2. The second-order valence-corrected chi connectivity index (χ2v) is 9.59. The lowest BCUT2D eigenvalue weighted by molar-refractivity contribution is -0.133. The van der Waals surface area contributed by atoms with Gasteiger partial charge in [0.2, 0.25) is 0 Å². The molecule has 0 aromatic rings.